The van der Waals surface area contributed by atoms with Gasteiger partial charge in [0.25, 0.3) is 0 Å². The number of amides is 4. The summed E-state index contributed by atoms with van der Waals surface area (Å²) in [5.74, 6) is -4.64. The molecule has 26 heavy (non-hydrogen) atoms. The number of nitrogens with one attached hydrogen (secondary N) is 1. The molecule has 1 saturated heterocycles. The zero-order valence-corrected chi connectivity index (χ0v) is 14.4. The lowest BCUT2D eigenvalue weighted by Crippen LogP contribution is -2.58. The molecule has 4 amide bonds. The number of phenolic OH excluding ortho intramolecular Hbond substituents is 2. The van der Waals surface area contributed by atoms with Crippen molar-refractivity contribution in [3.63, 3.8) is 0 Å². The van der Waals surface area contributed by atoms with E-state index in [1.165, 1.54) is 4.90 Å². The van der Waals surface area contributed by atoms with Gasteiger partial charge in [0.2, 0.25) is 0 Å². The van der Waals surface area contributed by atoms with E-state index in [1.807, 2.05) is 0 Å². The van der Waals surface area contributed by atoms with E-state index >= 15 is 0 Å². The van der Waals surface area contributed by atoms with E-state index in [0.717, 1.165) is 12.1 Å². The highest BCUT2D eigenvalue weighted by Gasteiger charge is 2.37. The molecule has 0 bridgehead atoms. The Balaban J connectivity index is 2.25. The quantitative estimate of drug-likeness (QED) is 0.429. The monoisotopic (exact) mass is 385 g/mol. The SMILES string of the molecule is CCN1CCN(C(=O)N[C@@H](C(=O)O)c2cc(O)c(O)cc2Cl)C(=O)C1=O. The molecule has 0 aromatic heterocycles. The van der Waals surface area contributed by atoms with E-state index in [-0.39, 0.29) is 23.7 Å². The summed E-state index contributed by atoms with van der Waals surface area (Å²) in [6.07, 6.45) is 0. The van der Waals surface area contributed by atoms with Gasteiger partial charge in [-0.1, -0.05) is 11.6 Å². The van der Waals surface area contributed by atoms with Gasteiger partial charge in [-0.05, 0) is 13.0 Å². The molecule has 1 aromatic carbocycles. The molecule has 0 aliphatic carbocycles. The fourth-order valence-corrected chi connectivity index (χ4v) is 2.70. The molecule has 1 fully saturated rings. The molecule has 11 heteroatoms. The lowest BCUT2D eigenvalue weighted by atomic mass is 10.1. The predicted molar refractivity (Wildman–Crippen MR) is 87.7 cm³/mol. The van der Waals surface area contributed by atoms with Crippen molar-refractivity contribution in [1.82, 2.24) is 15.1 Å². The number of phenols is 2. The number of carboxylic acids is 1. The van der Waals surface area contributed by atoms with Crippen LogP contribution in [-0.4, -0.2) is 68.6 Å². The molecule has 0 unspecified atom stereocenters. The van der Waals surface area contributed by atoms with E-state index in [0.29, 0.717) is 11.4 Å². The van der Waals surface area contributed by atoms with Crippen LogP contribution in [0.1, 0.15) is 18.5 Å². The fraction of sp³-hybridized carbons (Fsp3) is 0.333. The number of rotatable bonds is 4. The normalized spacial score (nSPS) is 15.8. The number of carbonyl (C=O) groups excluding carboxylic acids is 3. The van der Waals surface area contributed by atoms with Gasteiger partial charge < -0.3 is 25.5 Å². The van der Waals surface area contributed by atoms with Crippen molar-refractivity contribution in [2.45, 2.75) is 13.0 Å². The summed E-state index contributed by atoms with van der Waals surface area (Å²) in [7, 11) is 0. The molecule has 4 N–H and O–H groups in total. The second kappa shape index (κ2) is 7.48. The number of urea groups is 1. The van der Waals surface area contributed by atoms with Gasteiger partial charge in [-0.2, -0.15) is 0 Å². The molecule has 2 rings (SSSR count). The summed E-state index contributed by atoms with van der Waals surface area (Å²) in [5, 5.41) is 30.2. The maximum atomic E-state index is 12.3. The van der Waals surface area contributed by atoms with Gasteiger partial charge in [0.05, 0.1) is 5.02 Å². The smallest absolute Gasteiger partial charge is 0.331 e. The largest absolute Gasteiger partial charge is 0.504 e. The number of piperazine rings is 1. The number of aromatic hydroxyl groups is 2. The van der Waals surface area contributed by atoms with Crippen LogP contribution in [0.2, 0.25) is 5.02 Å². The second-order valence-electron chi connectivity index (χ2n) is 5.42. The number of halogens is 1. The second-order valence-corrected chi connectivity index (χ2v) is 5.83. The topological polar surface area (TPSA) is 147 Å². The van der Waals surface area contributed by atoms with Crippen molar-refractivity contribution in [2.24, 2.45) is 0 Å². The average Bonchev–Trinajstić information content (AvgIpc) is 2.58. The summed E-state index contributed by atoms with van der Waals surface area (Å²) in [5.41, 5.74) is -0.200. The first-order valence-corrected chi connectivity index (χ1v) is 7.90. The fourth-order valence-electron chi connectivity index (χ4n) is 2.43. The Hall–Kier alpha value is -3.01. The predicted octanol–water partition coefficient (Wildman–Crippen LogP) is 0.277. The van der Waals surface area contributed by atoms with Crippen molar-refractivity contribution in [2.75, 3.05) is 19.6 Å². The first-order chi connectivity index (χ1) is 12.2. The van der Waals surface area contributed by atoms with Crippen LogP contribution in [0.4, 0.5) is 4.79 Å². The number of carbonyl (C=O) groups is 4. The minimum absolute atomic E-state index is 0.0921. The van der Waals surface area contributed by atoms with E-state index in [4.69, 9.17) is 11.6 Å². The summed E-state index contributed by atoms with van der Waals surface area (Å²) < 4.78 is 0. The minimum Gasteiger partial charge on any atom is -0.504 e. The van der Waals surface area contributed by atoms with E-state index < -0.39 is 41.4 Å². The van der Waals surface area contributed by atoms with Crippen LogP contribution in [0.5, 0.6) is 11.5 Å². The molecule has 10 nitrogen and oxygen atoms in total. The van der Waals surface area contributed by atoms with E-state index in [2.05, 4.69) is 5.32 Å². The van der Waals surface area contributed by atoms with Gasteiger partial charge in [-0.15, -0.1) is 0 Å². The maximum absolute atomic E-state index is 12.3. The first-order valence-electron chi connectivity index (χ1n) is 7.52. The van der Waals surface area contributed by atoms with Crippen LogP contribution >= 0.6 is 11.6 Å². The lowest BCUT2D eigenvalue weighted by molar-refractivity contribution is -0.153. The first kappa shape index (κ1) is 19.3. The minimum atomic E-state index is -1.71. The molecule has 1 heterocycles. The number of hydrogen-bond donors (Lipinski definition) is 4. The van der Waals surface area contributed by atoms with Crippen LogP contribution in [-0.2, 0) is 14.4 Å². The van der Waals surface area contributed by atoms with Crippen molar-refractivity contribution in [3.8, 4) is 11.5 Å². The summed E-state index contributed by atoms with van der Waals surface area (Å²) in [4.78, 5) is 49.6. The number of benzene rings is 1. The van der Waals surface area contributed by atoms with Crippen LogP contribution < -0.4 is 5.32 Å². The van der Waals surface area contributed by atoms with Gasteiger partial charge in [0, 0.05) is 31.3 Å². The molecule has 1 atom stereocenters. The van der Waals surface area contributed by atoms with Gasteiger partial charge in [0.1, 0.15) is 0 Å². The number of carboxylic acid groups (broad SMARTS) is 1. The number of likely N-dealkylation sites (N-methyl/N-ethyl adjacent to an activating group) is 1. The van der Waals surface area contributed by atoms with Crippen molar-refractivity contribution in [1.29, 1.82) is 0 Å². The Kier molecular flexibility index (Phi) is 5.56. The van der Waals surface area contributed by atoms with Crippen LogP contribution in [0.15, 0.2) is 12.1 Å². The van der Waals surface area contributed by atoms with E-state index in [1.54, 1.807) is 6.92 Å². The Labute approximate surface area is 152 Å². The molecule has 0 spiro atoms. The molecule has 0 saturated carbocycles. The molecule has 1 aromatic rings. The van der Waals surface area contributed by atoms with Crippen molar-refractivity contribution in [3.05, 3.63) is 22.7 Å². The highest BCUT2D eigenvalue weighted by atomic mass is 35.5. The molecule has 140 valence electrons. The number of nitrogens with zero attached hydrogens (tertiary/aromatic N) is 2. The third-order valence-corrected chi connectivity index (χ3v) is 4.18. The van der Waals surface area contributed by atoms with Crippen molar-refractivity contribution < 1.29 is 34.5 Å². The summed E-state index contributed by atoms with van der Waals surface area (Å²) in [6.45, 7) is 2.03. The van der Waals surface area contributed by atoms with Crippen molar-refractivity contribution >= 4 is 35.4 Å². The number of aliphatic carboxylic acids is 1. The highest BCUT2D eigenvalue weighted by molar-refractivity contribution is 6.38. The highest BCUT2D eigenvalue weighted by Crippen LogP contribution is 2.34. The van der Waals surface area contributed by atoms with Crippen LogP contribution in [0.25, 0.3) is 0 Å². The number of imide groups is 1. The van der Waals surface area contributed by atoms with Crippen LogP contribution in [0.3, 0.4) is 0 Å². The third-order valence-electron chi connectivity index (χ3n) is 3.86. The third kappa shape index (κ3) is 3.64. The number of hydrogen-bond acceptors (Lipinski definition) is 6. The van der Waals surface area contributed by atoms with Gasteiger partial charge in [-0.25, -0.2) is 9.59 Å². The molecular formula is C15H16ClN3O7. The Morgan fingerprint density at radius 2 is 1.81 bits per heavy atom. The van der Waals surface area contributed by atoms with Crippen LogP contribution in [0, 0.1) is 0 Å². The Morgan fingerprint density at radius 1 is 1.19 bits per heavy atom. The molecule has 1 aliphatic rings. The van der Waals surface area contributed by atoms with Gasteiger partial charge in [-0.3, -0.25) is 14.5 Å². The van der Waals surface area contributed by atoms with E-state index in [9.17, 15) is 34.5 Å². The Morgan fingerprint density at radius 3 is 2.38 bits per heavy atom. The zero-order chi connectivity index (χ0) is 19.6. The van der Waals surface area contributed by atoms with Gasteiger partial charge in [0.15, 0.2) is 17.5 Å². The average molecular weight is 386 g/mol. The molecule has 0 radical (unpaired) electrons. The molecule has 1 aliphatic heterocycles. The lowest BCUT2D eigenvalue weighted by Gasteiger charge is -2.32. The Bertz CT molecular complexity index is 783. The summed E-state index contributed by atoms with van der Waals surface area (Å²) >= 11 is 5.87. The standard InChI is InChI=1S/C15H16ClN3O7/c1-2-18-3-4-19(13(23)12(18)22)15(26)17-11(14(24)25)7-5-9(20)10(21)6-8(7)16/h5-6,11,20-21H,2-4H2,1H3,(H,17,26)(H,24,25)/t11-/m1/s1. The maximum Gasteiger partial charge on any atom is 0.331 e. The zero-order valence-electron chi connectivity index (χ0n) is 13.6. The summed E-state index contributed by atoms with van der Waals surface area (Å²) in [6, 6.07) is -0.995. The molecular weight excluding hydrogens is 370 g/mol. The van der Waals surface area contributed by atoms with Gasteiger partial charge >= 0.3 is 23.8 Å².